The molecule has 0 saturated heterocycles. The Morgan fingerprint density at radius 3 is 1.27 bits per heavy atom. The van der Waals surface area contributed by atoms with Crippen molar-refractivity contribution in [3.8, 4) is 0 Å². The van der Waals surface area contributed by atoms with Crippen LogP contribution < -0.4 is 0 Å². The number of hydrogen-bond acceptors (Lipinski definition) is 1. The van der Waals surface area contributed by atoms with Crippen LogP contribution in [0.2, 0.25) is 0 Å². The van der Waals surface area contributed by atoms with Gasteiger partial charge in [-0.05, 0) is 5.92 Å². The molecular formula is C8H20ClMgO+. The van der Waals surface area contributed by atoms with Gasteiger partial charge in [-0.2, -0.15) is 5.92 Å². The fourth-order valence-electron chi connectivity index (χ4n) is 0. The van der Waals surface area contributed by atoms with Crippen molar-refractivity contribution in [2.24, 2.45) is 11.8 Å². The summed E-state index contributed by atoms with van der Waals surface area (Å²) < 4.78 is 0. The molecule has 0 unspecified atom stereocenters. The van der Waals surface area contributed by atoms with E-state index in [0.717, 1.165) is 0 Å². The minimum Gasteiger partial charge on any atom is -0.396 e. The van der Waals surface area contributed by atoms with Gasteiger partial charge in [-0.1, -0.05) is 27.7 Å². The first-order valence-corrected chi connectivity index (χ1v) is 3.44. The molecule has 66 valence electrons. The molecule has 3 heteroatoms. The van der Waals surface area contributed by atoms with E-state index in [1.165, 1.54) is 0 Å². The smallest absolute Gasteiger partial charge is 0.396 e. The second kappa shape index (κ2) is 17.2. The Balaban J connectivity index is -0.0000000383. The van der Waals surface area contributed by atoms with E-state index < -0.39 is 0 Å². The largest absolute Gasteiger partial charge is 2.00 e. The van der Waals surface area contributed by atoms with E-state index in [1.54, 1.807) is 0 Å². The van der Waals surface area contributed by atoms with Crippen molar-refractivity contribution in [3.05, 3.63) is 6.92 Å². The van der Waals surface area contributed by atoms with E-state index in [0.29, 0.717) is 18.4 Å². The Morgan fingerprint density at radius 1 is 1.18 bits per heavy atom. The van der Waals surface area contributed by atoms with Gasteiger partial charge in [0, 0.05) is 6.61 Å². The maximum atomic E-state index is 8.14. The molecule has 0 atom stereocenters. The van der Waals surface area contributed by atoms with Gasteiger partial charge < -0.3 is 12.0 Å². The van der Waals surface area contributed by atoms with Crippen LogP contribution in [0.15, 0.2) is 0 Å². The summed E-state index contributed by atoms with van der Waals surface area (Å²) in [7, 11) is 0. The predicted octanol–water partition coefficient (Wildman–Crippen LogP) is 2.15. The van der Waals surface area contributed by atoms with Gasteiger partial charge in [0.25, 0.3) is 0 Å². The normalized spacial score (nSPS) is 7.64. The molecule has 0 aliphatic rings. The zero-order valence-corrected chi connectivity index (χ0v) is 10.4. The van der Waals surface area contributed by atoms with E-state index in [9.17, 15) is 0 Å². The Hall–Kier alpha value is 1.02. The topological polar surface area (TPSA) is 20.2 Å². The maximum absolute atomic E-state index is 8.14. The molecule has 0 heterocycles. The quantitative estimate of drug-likeness (QED) is 0.498. The molecule has 0 aromatic heterocycles. The van der Waals surface area contributed by atoms with Crippen LogP contribution in [0.25, 0.3) is 0 Å². The van der Waals surface area contributed by atoms with Crippen molar-refractivity contribution in [2.45, 2.75) is 27.7 Å². The van der Waals surface area contributed by atoms with Crippen LogP contribution in [-0.4, -0.2) is 34.8 Å². The van der Waals surface area contributed by atoms with E-state index >= 15 is 0 Å². The molecule has 1 nitrogen and oxygen atoms in total. The molecule has 0 amide bonds. The van der Waals surface area contributed by atoms with Crippen LogP contribution in [-0.2, 0) is 0 Å². The van der Waals surface area contributed by atoms with Crippen LogP contribution >= 0.6 is 12.4 Å². The molecule has 0 spiro atoms. The molecular weight excluding hydrogens is 172 g/mol. The molecule has 0 fully saturated rings. The Kier molecular flexibility index (Phi) is 35.5. The maximum Gasteiger partial charge on any atom is 2.00 e. The zero-order valence-electron chi connectivity index (χ0n) is 8.13. The monoisotopic (exact) mass is 191 g/mol. The number of aliphatic hydroxyl groups is 1. The molecule has 11 heavy (non-hydrogen) atoms. The van der Waals surface area contributed by atoms with Crippen LogP contribution in [0, 0.1) is 18.8 Å². The Morgan fingerprint density at radius 2 is 1.27 bits per heavy atom. The van der Waals surface area contributed by atoms with Crippen molar-refractivity contribution < 1.29 is 5.11 Å². The predicted molar refractivity (Wildman–Crippen MR) is 55.1 cm³/mol. The second-order valence-corrected chi connectivity index (χ2v) is 2.97. The van der Waals surface area contributed by atoms with Crippen LogP contribution in [0.5, 0.6) is 0 Å². The van der Waals surface area contributed by atoms with Gasteiger partial charge in [0.2, 0.25) is 0 Å². The average Bonchev–Trinajstić information content (AvgIpc) is 1.65. The average molecular weight is 192 g/mol. The molecule has 0 aliphatic heterocycles. The van der Waals surface area contributed by atoms with Crippen LogP contribution in [0.1, 0.15) is 27.7 Å². The van der Waals surface area contributed by atoms with Crippen molar-refractivity contribution in [2.75, 3.05) is 6.61 Å². The van der Waals surface area contributed by atoms with Gasteiger partial charge in [0.1, 0.15) is 0 Å². The van der Waals surface area contributed by atoms with Gasteiger partial charge >= 0.3 is 23.1 Å². The number of rotatable bonds is 1. The van der Waals surface area contributed by atoms with Gasteiger partial charge in [-0.15, -0.1) is 12.4 Å². The summed E-state index contributed by atoms with van der Waals surface area (Å²) in [6, 6.07) is 0. The molecule has 0 aromatic carbocycles. The van der Waals surface area contributed by atoms with Crippen molar-refractivity contribution in [1.82, 2.24) is 0 Å². The van der Waals surface area contributed by atoms with Crippen LogP contribution in [0.3, 0.4) is 0 Å². The second-order valence-electron chi connectivity index (χ2n) is 2.97. The summed E-state index contributed by atoms with van der Waals surface area (Å²) in [6.07, 6.45) is 0. The Bertz CT molecular complexity index is 46.6. The number of hydrogen-bond donors (Lipinski definition) is 1. The molecule has 1 N–H and O–H groups in total. The third-order valence-corrected chi connectivity index (χ3v) is 0.365. The summed E-state index contributed by atoms with van der Waals surface area (Å²) >= 11 is 0. The van der Waals surface area contributed by atoms with Gasteiger partial charge in [-0.3, -0.25) is 0 Å². The van der Waals surface area contributed by atoms with E-state index in [2.05, 4.69) is 20.8 Å². The summed E-state index contributed by atoms with van der Waals surface area (Å²) in [5.74, 6) is 1.02. The fourth-order valence-corrected chi connectivity index (χ4v) is 0. The fraction of sp³-hybridized carbons (Fsp3) is 0.875. The van der Waals surface area contributed by atoms with Crippen molar-refractivity contribution in [3.63, 3.8) is 0 Å². The SMILES string of the molecule is CC(C)CO.Cl.[CH2-]C(C)C.[Mg+2]. The molecule has 0 bridgehead atoms. The first-order chi connectivity index (χ1) is 4.00. The summed E-state index contributed by atoms with van der Waals surface area (Å²) in [6.45, 7) is 12.0. The summed E-state index contributed by atoms with van der Waals surface area (Å²) in [5, 5.41) is 8.14. The Labute approximate surface area is 93.5 Å². The van der Waals surface area contributed by atoms with E-state index in [1.807, 2.05) is 13.8 Å². The van der Waals surface area contributed by atoms with Gasteiger partial charge in [0.15, 0.2) is 0 Å². The van der Waals surface area contributed by atoms with Gasteiger partial charge in [0.05, 0.1) is 0 Å². The van der Waals surface area contributed by atoms with Gasteiger partial charge in [-0.25, -0.2) is 0 Å². The first kappa shape index (κ1) is 22.7. The number of halogens is 1. The minimum absolute atomic E-state index is 0. The van der Waals surface area contributed by atoms with Crippen molar-refractivity contribution >= 4 is 35.5 Å². The van der Waals surface area contributed by atoms with Crippen molar-refractivity contribution in [1.29, 1.82) is 0 Å². The molecule has 0 saturated carbocycles. The molecule has 0 radical (unpaired) electrons. The standard InChI is InChI=1S/C4H10O.C4H9.ClH.Mg/c1-4(2)3-5;1-4(2)3;;/h4-5H,3H2,1-2H3;4H,1H2,2-3H3;1H;/q;-1;;+2. The first-order valence-electron chi connectivity index (χ1n) is 3.44. The number of aliphatic hydroxyl groups excluding tert-OH is 1. The molecule has 0 aromatic rings. The summed E-state index contributed by atoms with van der Waals surface area (Å²) in [4.78, 5) is 0. The van der Waals surface area contributed by atoms with E-state index in [4.69, 9.17) is 5.11 Å². The molecule has 0 rings (SSSR count). The third-order valence-electron chi connectivity index (χ3n) is 0.365. The zero-order chi connectivity index (χ0) is 7.86. The third kappa shape index (κ3) is 98.4. The summed E-state index contributed by atoms with van der Waals surface area (Å²) in [5.41, 5.74) is 0. The minimum atomic E-state index is 0. The van der Waals surface area contributed by atoms with Crippen LogP contribution in [0.4, 0.5) is 0 Å². The molecule has 0 aliphatic carbocycles. The van der Waals surface area contributed by atoms with E-state index in [-0.39, 0.29) is 35.5 Å².